The van der Waals surface area contributed by atoms with Gasteiger partial charge in [-0.1, -0.05) is 13.3 Å². The maximum absolute atomic E-state index is 12.6. The zero-order valence-electron chi connectivity index (χ0n) is 13.3. The third kappa shape index (κ3) is 5.12. The number of ether oxygens (including phenoxy) is 1. The highest BCUT2D eigenvalue weighted by atomic mass is 31.2. The van der Waals surface area contributed by atoms with Crippen LogP contribution in [0, 0.1) is 5.92 Å². The number of aliphatic hydroxyl groups excluding tert-OH is 1. The van der Waals surface area contributed by atoms with E-state index in [1.807, 2.05) is 27.7 Å². The van der Waals surface area contributed by atoms with Crippen LogP contribution in [-0.2, 0) is 18.3 Å². The number of hydrogen-bond acceptors (Lipinski definition) is 5. The van der Waals surface area contributed by atoms with Crippen LogP contribution >= 0.6 is 7.60 Å². The summed E-state index contributed by atoms with van der Waals surface area (Å²) in [5, 5.41) is 9.52. The lowest BCUT2D eigenvalue weighted by Crippen LogP contribution is -2.24. The fourth-order valence-corrected chi connectivity index (χ4v) is 4.29. The predicted octanol–water partition coefficient (Wildman–Crippen LogP) is 3.55. The van der Waals surface area contributed by atoms with E-state index in [-0.39, 0.29) is 25.2 Å². The van der Waals surface area contributed by atoms with Gasteiger partial charge in [0.2, 0.25) is 0 Å². The molecule has 0 aromatic heterocycles. The highest BCUT2D eigenvalue weighted by molar-refractivity contribution is 7.53. The van der Waals surface area contributed by atoms with E-state index in [0.29, 0.717) is 5.92 Å². The van der Waals surface area contributed by atoms with Crippen molar-refractivity contribution in [3.8, 4) is 0 Å². The van der Waals surface area contributed by atoms with Gasteiger partial charge >= 0.3 is 7.60 Å². The second-order valence-corrected chi connectivity index (χ2v) is 8.01. The molecular formula is C14H29O5P. The Morgan fingerprint density at radius 1 is 1.25 bits per heavy atom. The van der Waals surface area contributed by atoms with Gasteiger partial charge in [0, 0.05) is 0 Å². The van der Waals surface area contributed by atoms with Crippen LogP contribution in [0.2, 0.25) is 0 Å². The molecular weight excluding hydrogens is 279 g/mol. The maximum Gasteiger partial charge on any atom is 0.356 e. The second-order valence-electron chi connectivity index (χ2n) is 6.11. The first-order valence-electron chi connectivity index (χ1n) is 7.47. The van der Waals surface area contributed by atoms with Gasteiger partial charge in [-0.3, -0.25) is 4.57 Å². The zero-order chi connectivity index (χ0) is 15.4. The van der Waals surface area contributed by atoms with Gasteiger partial charge in [-0.25, -0.2) is 0 Å². The lowest BCUT2D eigenvalue weighted by molar-refractivity contribution is -0.00976. The molecule has 0 saturated heterocycles. The third-order valence-corrected chi connectivity index (χ3v) is 5.26. The first-order chi connectivity index (χ1) is 9.27. The summed E-state index contributed by atoms with van der Waals surface area (Å²) in [7, 11) is -3.28. The summed E-state index contributed by atoms with van der Waals surface area (Å²) < 4.78 is 29.3. The van der Waals surface area contributed by atoms with E-state index >= 15 is 0 Å². The van der Waals surface area contributed by atoms with E-state index in [0.717, 1.165) is 19.3 Å². The molecule has 1 N–H and O–H groups in total. The topological polar surface area (TPSA) is 65.0 Å². The molecule has 0 amide bonds. The van der Waals surface area contributed by atoms with E-state index < -0.39 is 13.2 Å². The molecule has 1 rings (SSSR count). The minimum absolute atomic E-state index is 0.0407. The molecule has 0 heterocycles. The highest BCUT2D eigenvalue weighted by Crippen LogP contribution is 2.56. The number of aliphatic hydroxyl groups is 1. The van der Waals surface area contributed by atoms with Crippen molar-refractivity contribution in [2.45, 2.75) is 71.7 Å². The molecule has 0 radical (unpaired) electrons. The third-order valence-electron chi connectivity index (χ3n) is 3.33. The van der Waals surface area contributed by atoms with Gasteiger partial charge in [0.15, 0.2) is 0 Å². The molecule has 5 nitrogen and oxygen atoms in total. The Hall–Kier alpha value is 0.0700. The SMILES string of the molecule is CCCC1CC1(CO)OCP(=O)(OC(C)C)OC(C)C. The van der Waals surface area contributed by atoms with Crippen molar-refractivity contribution in [3.05, 3.63) is 0 Å². The normalized spacial score (nSPS) is 26.5. The molecule has 2 atom stereocenters. The van der Waals surface area contributed by atoms with Crippen LogP contribution < -0.4 is 0 Å². The van der Waals surface area contributed by atoms with Crippen LogP contribution in [0.25, 0.3) is 0 Å². The van der Waals surface area contributed by atoms with E-state index in [4.69, 9.17) is 13.8 Å². The molecule has 1 aliphatic rings. The minimum Gasteiger partial charge on any atom is -0.393 e. The lowest BCUT2D eigenvalue weighted by atomic mass is 10.2. The predicted molar refractivity (Wildman–Crippen MR) is 78.8 cm³/mol. The van der Waals surface area contributed by atoms with Crippen LogP contribution in [0.5, 0.6) is 0 Å². The molecule has 0 aromatic rings. The molecule has 0 aromatic carbocycles. The van der Waals surface area contributed by atoms with Crippen LogP contribution in [0.15, 0.2) is 0 Å². The molecule has 120 valence electrons. The fourth-order valence-electron chi connectivity index (χ4n) is 2.42. The van der Waals surface area contributed by atoms with Gasteiger partial charge in [-0.2, -0.15) is 0 Å². The lowest BCUT2D eigenvalue weighted by Gasteiger charge is -2.25. The van der Waals surface area contributed by atoms with E-state index in [9.17, 15) is 9.67 Å². The van der Waals surface area contributed by atoms with E-state index in [2.05, 4.69) is 6.92 Å². The Balaban J connectivity index is 2.60. The molecule has 0 aliphatic heterocycles. The summed E-state index contributed by atoms with van der Waals surface area (Å²) in [6.07, 6.45) is 2.40. The summed E-state index contributed by atoms with van der Waals surface area (Å²) in [5.74, 6) is 0.351. The highest BCUT2D eigenvalue weighted by Gasteiger charge is 2.55. The largest absolute Gasteiger partial charge is 0.393 e. The number of hydrogen-bond donors (Lipinski definition) is 1. The van der Waals surface area contributed by atoms with Crippen LogP contribution in [-0.4, -0.2) is 35.9 Å². The zero-order valence-corrected chi connectivity index (χ0v) is 14.2. The van der Waals surface area contributed by atoms with Gasteiger partial charge < -0.3 is 18.9 Å². The van der Waals surface area contributed by atoms with Crippen molar-refractivity contribution in [2.24, 2.45) is 5.92 Å². The molecule has 0 bridgehead atoms. The smallest absolute Gasteiger partial charge is 0.356 e. The molecule has 2 unspecified atom stereocenters. The summed E-state index contributed by atoms with van der Waals surface area (Å²) in [5.41, 5.74) is -0.535. The summed E-state index contributed by atoms with van der Waals surface area (Å²) in [6, 6.07) is 0. The first-order valence-corrected chi connectivity index (χ1v) is 9.20. The second kappa shape index (κ2) is 7.37. The van der Waals surface area contributed by atoms with E-state index in [1.165, 1.54) is 0 Å². The Kier molecular flexibility index (Phi) is 6.68. The Bertz CT molecular complexity index is 330. The van der Waals surface area contributed by atoms with Gasteiger partial charge in [0.1, 0.15) is 6.35 Å². The van der Waals surface area contributed by atoms with E-state index in [1.54, 1.807) is 0 Å². The van der Waals surface area contributed by atoms with Crippen LogP contribution in [0.3, 0.4) is 0 Å². The summed E-state index contributed by atoms with van der Waals surface area (Å²) >= 11 is 0. The average molecular weight is 308 g/mol. The molecule has 1 saturated carbocycles. The number of rotatable bonds is 10. The van der Waals surface area contributed by atoms with Crippen molar-refractivity contribution < 1.29 is 23.5 Å². The fraction of sp³-hybridized carbons (Fsp3) is 1.00. The Morgan fingerprint density at radius 2 is 1.80 bits per heavy atom. The van der Waals surface area contributed by atoms with Crippen molar-refractivity contribution in [2.75, 3.05) is 13.0 Å². The first kappa shape index (κ1) is 18.1. The molecule has 1 fully saturated rings. The van der Waals surface area contributed by atoms with Gasteiger partial charge in [0.05, 0.1) is 24.4 Å². The molecule has 20 heavy (non-hydrogen) atoms. The van der Waals surface area contributed by atoms with Crippen molar-refractivity contribution in [1.82, 2.24) is 0 Å². The maximum atomic E-state index is 12.6. The summed E-state index contributed by atoms with van der Waals surface area (Å²) in [4.78, 5) is 0. The van der Waals surface area contributed by atoms with Crippen molar-refractivity contribution >= 4 is 7.60 Å². The Morgan fingerprint density at radius 3 is 2.20 bits per heavy atom. The van der Waals surface area contributed by atoms with Crippen LogP contribution in [0.1, 0.15) is 53.9 Å². The van der Waals surface area contributed by atoms with Gasteiger partial charge in [-0.05, 0) is 46.5 Å². The quantitative estimate of drug-likeness (QED) is 0.625. The molecule has 1 aliphatic carbocycles. The monoisotopic (exact) mass is 308 g/mol. The van der Waals surface area contributed by atoms with Crippen molar-refractivity contribution in [3.63, 3.8) is 0 Å². The minimum atomic E-state index is -3.28. The average Bonchev–Trinajstić information content (AvgIpc) is 2.99. The van der Waals surface area contributed by atoms with Crippen LogP contribution in [0.4, 0.5) is 0 Å². The Labute approximate surface area is 122 Å². The standard InChI is InChI=1S/C14H29O5P/c1-6-7-13-8-14(13,9-15)17-10-20(16,18-11(2)3)19-12(4)5/h11-13,15H,6-10H2,1-5H3. The van der Waals surface area contributed by atoms with Gasteiger partial charge in [-0.15, -0.1) is 0 Å². The molecule has 6 heteroatoms. The van der Waals surface area contributed by atoms with Crippen molar-refractivity contribution in [1.29, 1.82) is 0 Å². The van der Waals surface area contributed by atoms with Gasteiger partial charge in [0.25, 0.3) is 0 Å². The molecule has 0 spiro atoms. The summed E-state index contributed by atoms with van der Waals surface area (Å²) in [6.45, 7) is 9.32.